The Labute approximate surface area is 87.1 Å². The van der Waals surface area contributed by atoms with Gasteiger partial charge in [-0.05, 0) is 31.2 Å². The molecule has 0 bridgehead atoms. The van der Waals surface area contributed by atoms with E-state index in [0.29, 0.717) is 17.1 Å². The van der Waals surface area contributed by atoms with Crippen molar-refractivity contribution in [3.63, 3.8) is 0 Å². The molecule has 0 aliphatic carbocycles. The number of ketones is 1. The minimum atomic E-state index is -0.588. The molecule has 3 nitrogen and oxygen atoms in total. The Morgan fingerprint density at radius 3 is 2.36 bits per heavy atom. The number of hydrogen-bond acceptors (Lipinski definition) is 2. The fourth-order valence-electron chi connectivity index (χ4n) is 0.973. The largest absolute Gasteiger partial charge is 0.349 e. The summed E-state index contributed by atoms with van der Waals surface area (Å²) in [5.41, 5.74) is 0.348. The van der Waals surface area contributed by atoms with Gasteiger partial charge < -0.3 is 5.32 Å². The van der Waals surface area contributed by atoms with Crippen molar-refractivity contribution in [3.05, 3.63) is 34.9 Å². The summed E-state index contributed by atoms with van der Waals surface area (Å²) in [6.07, 6.45) is 0. The van der Waals surface area contributed by atoms with Gasteiger partial charge in [-0.1, -0.05) is 11.6 Å². The molecule has 0 aliphatic heterocycles. The van der Waals surface area contributed by atoms with Crippen LogP contribution in [0.3, 0.4) is 0 Å². The number of likely N-dealkylation sites (N-methyl/N-ethyl adjacent to an activating group) is 1. The molecule has 1 N–H and O–H groups in total. The van der Waals surface area contributed by atoms with Gasteiger partial charge >= 0.3 is 0 Å². The van der Waals surface area contributed by atoms with Crippen molar-refractivity contribution >= 4 is 23.3 Å². The van der Waals surface area contributed by atoms with Crippen molar-refractivity contribution in [3.8, 4) is 0 Å². The first-order valence-electron chi connectivity index (χ1n) is 4.23. The van der Waals surface area contributed by atoms with Gasteiger partial charge in [0.1, 0.15) is 0 Å². The SMILES string of the molecule is CCNC(=O)C(=O)c1ccc(Cl)cc1. The summed E-state index contributed by atoms with van der Waals surface area (Å²) >= 11 is 5.65. The maximum absolute atomic E-state index is 11.4. The highest BCUT2D eigenvalue weighted by Crippen LogP contribution is 2.09. The van der Waals surface area contributed by atoms with E-state index in [0.717, 1.165) is 0 Å². The van der Waals surface area contributed by atoms with Crippen LogP contribution in [0.25, 0.3) is 0 Å². The average Bonchev–Trinajstić information content (AvgIpc) is 2.18. The molecule has 0 radical (unpaired) electrons. The lowest BCUT2D eigenvalue weighted by molar-refractivity contribution is -0.116. The molecule has 0 aromatic heterocycles. The molecule has 4 heteroatoms. The summed E-state index contributed by atoms with van der Waals surface area (Å²) in [5.74, 6) is -1.13. The minimum Gasteiger partial charge on any atom is -0.349 e. The zero-order chi connectivity index (χ0) is 10.6. The minimum absolute atomic E-state index is 0.348. The van der Waals surface area contributed by atoms with Gasteiger partial charge in [-0.3, -0.25) is 9.59 Å². The predicted molar refractivity (Wildman–Crippen MR) is 54.5 cm³/mol. The molecule has 74 valence electrons. The lowest BCUT2D eigenvalue weighted by Crippen LogP contribution is -2.30. The molecular weight excluding hydrogens is 202 g/mol. The average molecular weight is 212 g/mol. The highest BCUT2D eigenvalue weighted by atomic mass is 35.5. The molecule has 0 aliphatic rings. The monoisotopic (exact) mass is 211 g/mol. The Hall–Kier alpha value is -1.35. The third-order valence-electron chi connectivity index (χ3n) is 1.65. The lowest BCUT2D eigenvalue weighted by Gasteiger charge is -2.00. The fraction of sp³-hybridized carbons (Fsp3) is 0.200. The van der Waals surface area contributed by atoms with Crippen LogP contribution in [0.2, 0.25) is 5.02 Å². The van der Waals surface area contributed by atoms with E-state index in [2.05, 4.69) is 5.32 Å². The van der Waals surface area contributed by atoms with Crippen LogP contribution in [-0.2, 0) is 4.79 Å². The number of hydrogen-bond donors (Lipinski definition) is 1. The summed E-state index contributed by atoms with van der Waals surface area (Å²) in [7, 11) is 0. The van der Waals surface area contributed by atoms with E-state index in [4.69, 9.17) is 11.6 Å². The first-order chi connectivity index (χ1) is 6.65. The first-order valence-corrected chi connectivity index (χ1v) is 4.61. The Kier molecular flexibility index (Phi) is 3.65. The van der Waals surface area contributed by atoms with E-state index < -0.39 is 11.7 Å². The van der Waals surface area contributed by atoms with Crippen molar-refractivity contribution < 1.29 is 9.59 Å². The van der Waals surface area contributed by atoms with Gasteiger partial charge in [-0.25, -0.2) is 0 Å². The Bertz CT molecular complexity index is 346. The van der Waals surface area contributed by atoms with Gasteiger partial charge in [0.05, 0.1) is 0 Å². The predicted octanol–water partition coefficient (Wildman–Crippen LogP) is 1.66. The van der Waals surface area contributed by atoms with E-state index in [1.165, 1.54) is 12.1 Å². The number of carbonyl (C=O) groups is 2. The standard InChI is InChI=1S/C10H10ClNO2/c1-2-12-10(14)9(13)7-3-5-8(11)6-4-7/h3-6H,2H2,1H3,(H,12,14). The third-order valence-corrected chi connectivity index (χ3v) is 1.90. The van der Waals surface area contributed by atoms with Gasteiger partial charge in [0.2, 0.25) is 5.78 Å². The zero-order valence-corrected chi connectivity index (χ0v) is 8.47. The van der Waals surface area contributed by atoms with Crippen LogP contribution in [-0.4, -0.2) is 18.2 Å². The van der Waals surface area contributed by atoms with E-state index in [1.807, 2.05) is 0 Å². The Morgan fingerprint density at radius 1 is 1.29 bits per heavy atom. The van der Waals surface area contributed by atoms with Gasteiger partial charge in [-0.2, -0.15) is 0 Å². The van der Waals surface area contributed by atoms with E-state index in [-0.39, 0.29) is 0 Å². The molecule has 1 aromatic carbocycles. The summed E-state index contributed by atoms with van der Waals surface area (Å²) in [6.45, 7) is 2.20. The molecule has 0 saturated heterocycles. The van der Waals surface area contributed by atoms with Crippen LogP contribution < -0.4 is 5.32 Å². The van der Waals surface area contributed by atoms with Gasteiger partial charge in [0.15, 0.2) is 0 Å². The summed E-state index contributed by atoms with van der Waals surface area (Å²) in [6, 6.07) is 6.21. The first kappa shape index (κ1) is 10.7. The Morgan fingerprint density at radius 2 is 1.86 bits per heavy atom. The van der Waals surface area contributed by atoms with E-state index >= 15 is 0 Å². The molecule has 0 atom stereocenters. The van der Waals surface area contributed by atoms with Crippen molar-refractivity contribution in [1.29, 1.82) is 0 Å². The summed E-state index contributed by atoms with van der Waals surface area (Å²) in [4.78, 5) is 22.5. The lowest BCUT2D eigenvalue weighted by atomic mass is 10.1. The molecule has 1 rings (SSSR count). The highest BCUT2D eigenvalue weighted by molar-refractivity contribution is 6.43. The quantitative estimate of drug-likeness (QED) is 0.611. The van der Waals surface area contributed by atoms with Crippen LogP contribution in [0.15, 0.2) is 24.3 Å². The molecule has 0 heterocycles. The second kappa shape index (κ2) is 4.77. The van der Waals surface area contributed by atoms with Crippen LogP contribution in [0.4, 0.5) is 0 Å². The van der Waals surface area contributed by atoms with Crippen molar-refractivity contribution in [1.82, 2.24) is 5.32 Å². The second-order valence-electron chi connectivity index (χ2n) is 2.70. The number of carbonyl (C=O) groups excluding carboxylic acids is 2. The topological polar surface area (TPSA) is 46.2 Å². The van der Waals surface area contributed by atoms with Gasteiger partial charge in [0.25, 0.3) is 5.91 Å². The third kappa shape index (κ3) is 2.57. The number of nitrogens with one attached hydrogen (secondary N) is 1. The number of amides is 1. The van der Waals surface area contributed by atoms with Crippen LogP contribution in [0.1, 0.15) is 17.3 Å². The van der Waals surface area contributed by atoms with Crippen LogP contribution in [0.5, 0.6) is 0 Å². The van der Waals surface area contributed by atoms with E-state index in [9.17, 15) is 9.59 Å². The number of Topliss-reactive ketones (excluding diaryl/α,β-unsaturated/α-hetero) is 1. The van der Waals surface area contributed by atoms with Crippen molar-refractivity contribution in [2.45, 2.75) is 6.92 Å². The van der Waals surface area contributed by atoms with E-state index in [1.54, 1.807) is 19.1 Å². The molecule has 1 amide bonds. The fourth-order valence-corrected chi connectivity index (χ4v) is 1.10. The summed E-state index contributed by atoms with van der Waals surface area (Å²) in [5, 5.41) is 2.98. The van der Waals surface area contributed by atoms with Crippen LogP contribution >= 0.6 is 11.6 Å². The number of benzene rings is 1. The molecule has 14 heavy (non-hydrogen) atoms. The molecule has 0 unspecified atom stereocenters. The number of rotatable bonds is 3. The molecular formula is C10H10ClNO2. The molecule has 0 spiro atoms. The maximum atomic E-state index is 11.4. The van der Waals surface area contributed by atoms with Crippen molar-refractivity contribution in [2.24, 2.45) is 0 Å². The maximum Gasteiger partial charge on any atom is 0.292 e. The smallest absolute Gasteiger partial charge is 0.292 e. The zero-order valence-electron chi connectivity index (χ0n) is 7.71. The highest BCUT2D eigenvalue weighted by Gasteiger charge is 2.14. The molecule has 0 saturated carbocycles. The van der Waals surface area contributed by atoms with Gasteiger partial charge in [-0.15, -0.1) is 0 Å². The number of halogens is 1. The van der Waals surface area contributed by atoms with Gasteiger partial charge in [0, 0.05) is 17.1 Å². The van der Waals surface area contributed by atoms with Crippen LogP contribution in [0, 0.1) is 0 Å². The normalized spacial score (nSPS) is 9.57. The molecule has 0 fully saturated rings. The van der Waals surface area contributed by atoms with Crippen molar-refractivity contribution in [2.75, 3.05) is 6.54 Å². The Balaban J connectivity index is 2.79. The second-order valence-corrected chi connectivity index (χ2v) is 3.13. The summed E-state index contributed by atoms with van der Waals surface area (Å²) < 4.78 is 0. The molecule has 1 aromatic rings.